The zero-order valence-electron chi connectivity index (χ0n) is 11.5. The van der Waals surface area contributed by atoms with Gasteiger partial charge in [-0.2, -0.15) is 5.26 Å². The molecule has 3 aromatic rings. The van der Waals surface area contributed by atoms with Crippen LogP contribution in [0.2, 0.25) is 5.02 Å². The summed E-state index contributed by atoms with van der Waals surface area (Å²) in [5.41, 5.74) is 0.344. The molecule has 0 atom stereocenters. The molecule has 0 saturated heterocycles. The minimum absolute atomic E-state index is 0.0183. The van der Waals surface area contributed by atoms with Gasteiger partial charge in [0.25, 0.3) is 5.56 Å². The van der Waals surface area contributed by atoms with Gasteiger partial charge in [0.2, 0.25) is 0 Å². The molecule has 0 aliphatic heterocycles. The molecule has 0 saturated carbocycles. The van der Waals surface area contributed by atoms with Gasteiger partial charge in [-0.25, -0.2) is 9.38 Å². The van der Waals surface area contributed by atoms with E-state index in [0.717, 1.165) is 0 Å². The molecule has 2 heterocycles. The number of nitriles is 1. The highest BCUT2D eigenvalue weighted by atomic mass is 79.9. The molecule has 0 bridgehead atoms. The monoisotopic (exact) mass is 427 g/mol. The maximum atomic E-state index is 12.6. The Morgan fingerprint density at radius 2 is 2.26 bits per heavy atom. The first-order valence-electron chi connectivity index (χ1n) is 6.14. The lowest BCUT2D eigenvalue weighted by molar-refractivity contribution is 0.473. The molecular formula is C14H7BrClN3O2S2. The topological polar surface area (TPSA) is 78.4 Å². The summed E-state index contributed by atoms with van der Waals surface area (Å²) in [4.78, 5) is 17.4. The van der Waals surface area contributed by atoms with E-state index in [0.29, 0.717) is 30.7 Å². The van der Waals surface area contributed by atoms with Gasteiger partial charge in [-0.3, -0.25) is 4.79 Å². The molecule has 116 valence electrons. The van der Waals surface area contributed by atoms with Gasteiger partial charge in [0.1, 0.15) is 22.4 Å². The van der Waals surface area contributed by atoms with Gasteiger partial charge in [0.15, 0.2) is 4.96 Å². The number of rotatable bonds is 2. The van der Waals surface area contributed by atoms with Crippen molar-refractivity contribution in [3.63, 3.8) is 0 Å². The van der Waals surface area contributed by atoms with Crippen LogP contribution in [0.4, 0.5) is 0 Å². The minimum Gasteiger partial charge on any atom is -0.506 e. The first-order valence-corrected chi connectivity index (χ1v) is 9.42. The Morgan fingerprint density at radius 3 is 2.91 bits per heavy atom. The average molecular weight is 429 g/mol. The van der Waals surface area contributed by atoms with Crippen molar-refractivity contribution in [2.75, 3.05) is 6.26 Å². The standard InChI is InChI=1S/C14H7BrClN3O2S2/c1-22-12-8(4-17)13(21)19-10(5-23-14(19)18-12)7-2-6(16)3-9(15)11(7)20/h2-3,5,20H,1H3. The van der Waals surface area contributed by atoms with Crippen LogP contribution in [0.1, 0.15) is 5.56 Å². The largest absolute Gasteiger partial charge is 0.506 e. The number of halogens is 2. The van der Waals surface area contributed by atoms with Crippen molar-refractivity contribution in [3.8, 4) is 23.1 Å². The molecular weight excluding hydrogens is 422 g/mol. The van der Waals surface area contributed by atoms with Gasteiger partial charge in [-0.05, 0) is 34.3 Å². The number of thiazole rings is 1. The number of phenols is 1. The lowest BCUT2D eigenvalue weighted by Gasteiger charge is -2.08. The molecule has 23 heavy (non-hydrogen) atoms. The van der Waals surface area contributed by atoms with Gasteiger partial charge in [0, 0.05) is 16.0 Å². The predicted molar refractivity (Wildman–Crippen MR) is 95.6 cm³/mol. The van der Waals surface area contributed by atoms with Crippen LogP contribution in [-0.2, 0) is 0 Å². The van der Waals surface area contributed by atoms with Crippen LogP contribution in [-0.4, -0.2) is 20.7 Å². The van der Waals surface area contributed by atoms with Gasteiger partial charge >= 0.3 is 0 Å². The highest BCUT2D eigenvalue weighted by Gasteiger charge is 2.19. The Hall–Kier alpha value is -1.53. The molecule has 0 amide bonds. The van der Waals surface area contributed by atoms with E-state index < -0.39 is 5.56 Å². The zero-order chi connectivity index (χ0) is 16.7. The third-order valence-corrected chi connectivity index (χ3v) is 5.48. The highest BCUT2D eigenvalue weighted by Crippen LogP contribution is 2.39. The fourth-order valence-corrected chi connectivity index (χ4v) is 4.39. The molecule has 5 nitrogen and oxygen atoms in total. The van der Waals surface area contributed by atoms with Crippen LogP contribution in [0.3, 0.4) is 0 Å². The molecule has 3 rings (SSSR count). The van der Waals surface area contributed by atoms with Crippen LogP contribution in [0.25, 0.3) is 16.2 Å². The van der Waals surface area contributed by atoms with Crippen LogP contribution < -0.4 is 5.56 Å². The predicted octanol–water partition coefficient (Wildman–Crippen LogP) is 4.14. The second-order valence-electron chi connectivity index (χ2n) is 4.44. The van der Waals surface area contributed by atoms with E-state index in [1.54, 1.807) is 23.8 Å². The molecule has 9 heteroatoms. The SMILES string of the molecule is CSc1nc2scc(-c3cc(Cl)cc(Br)c3O)n2c(=O)c1C#N. The average Bonchev–Trinajstić information content (AvgIpc) is 2.94. The van der Waals surface area contributed by atoms with E-state index in [1.807, 2.05) is 6.07 Å². The van der Waals surface area contributed by atoms with E-state index >= 15 is 0 Å². The molecule has 1 N–H and O–H groups in total. The molecule has 0 spiro atoms. The summed E-state index contributed by atoms with van der Waals surface area (Å²) in [5, 5.41) is 22.0. The molecule has 0 aliphatic rings. The lowest BCUT2D eigenvalue weighted by Crippen LogP contribution is -2.19. The summed E-state index contributed by atoms with van der Waals surface area (Å²) < 4.78 is 1.74. The molecule has 0 unspecified atom stereocenters. The lowest BCUT2D eigenvalue weighted by atomic mass is 10.1. The number of aromatic hydroxyl groups is 1. The summed E-state index contributed by atoms with van der Waals surface area (Å²) in [6, 6.07) is 5.02. The highest BCUT2D eigenvalue weighted by molar-refractivity contribution is 9.10. The van der Waals surface area contributed by atoms with Crippen LogP contribution in [0, 0.1) is 11.3 Å². The Balaban J connectivity index is 2.42. The number of aromatic nitrogens is 2. The van der Waals surface area contributed by atoms with Gasteiger partial charge in [0.05, 0.1) is 10.2 Å². The van der Waals surface area contributed by atoms with Gasteiger partial charge < -0.3 is 5.11 Å². The van der Waals surface area contributed by atoms with Crippen LogP contribution in [0.5, 0.6) is 5.75 Å². The normalized spacial score (nSPS) is 10.9. The van der Waals surface area contributed by atoms with Crippen molar-refractivity contribution < 1.29 is 5.11 Å². The van der Waals surface area contributed by atoms with Crippen molar-refractivity contribution in [1.29, 1.82) is 5.26 Å². The van der Waals surface area contributed by atoms with E-state index in [4.69, 9.17) is 11.6 Å². The second kappa shape index (κ2) is 6.17. The van der Waals surface area contributed by atoms with Crippen LogP contribution in [0.15, 0.2) is 31.8 Å². The first kappa shape index (κ1) is 16.3. The molecule has 2 aromatic heterocycles. The number of nitrogens with zero attached hydrogens (tertiary/aromatic N) is 3. The maximum absolute atomic E-state index is 12.6. The number of fused-ring (bicyclic) bond motifs is 1. The molecule has 0 radical (unpaired) electrons. The quantitative estimate of drug-likeness (QED) is 0.490. The summed E-state index contributed by atoms with van der Waals surface area (Å²) in [7, 11) is 0. The Morgan fingerprint density at radius 1 is 1.52 bits per heavy atom. The maximum Gasteiger partial charge on any atom is 0.278 e. The summed E-state index contributed by atoms with van der Waals surface area (Å²) in [6.07, 6.45) is 1.76. The van der Waals surface area contributed by atoms with Crippen LogP contribution >= 0.6 is 50.6 Å². The van der Waals surface area contributed by atoms with E-state index in [-0.39, 0.29) is 11.3 Å². The third-order valence-electron chi connectivity index (χ3n) is 3.15. The number of thioether (sulfide) groups is 1. The molecule has 1 aromatic carbocycles. The smallest absolute Gasteiger partial charge is 0.278 e. The molecule has 0 fully saturated rings. The van der Waals surface area contributed by atoms with E-state index in [1.165, 1.54) is 27.5 Å². The zero-order valence-corrected chi connectivity index (χ0v) is 15.5. The van der Waals surface area contributed by atoms with Crippen molar-refractivity contribution in [3.05, 3.63) is 42.9 Å². The summed E-state index contributed by atoms with van der Waals surface area (Å²) >= 11 is 11.8. The fraction of sp³-hybridized carbons (Fsp3) is 0.0714. The Labute approximate surface area is 152 Å². The third kappa shape index (κ3) is 2.64. The minimum atomic E-state index is -0.464. The van der Waals surface area contributed by atoms with Gasteiger partial charge in [-0.15, -0.1) is 23.1 Å². The fourth-order valence-electron chi connectivity index (χ4n) is 2.12. The van der Waals surface area contributed by atoms with Crippen molar-refractivity contribution in [1.82, 2.24) is 9.38 Å². The van der Waals surface area contributed by atoms with E-state index in [2.05, 4.69) is 20.9 Å². The van der Waals surface area contributed by atoms with Crippen molar-refractivity contribution in [2.45, 2.75) is 5.03 Å². The van der Waals surface area contributed by atoms with Crippen molar-refractivity contribution >= 4 is 55.6 Å². The first-order chi connectivity index (χ1) is 11.0. The Bertz CT molecular complexity index is 1040. The van der Waals surface area contributed by atoms with Crippen molar-refractivity contribution in [2.24, 2.45) is 0 Å². The number of hydrogen-bond acceptors (Lipinski definition) is 6. The summed E-state index contributed by atoms with van der Waals surface area (Å²) in [6.45, 7) is 0. The number of hydrogen-bond donors (Lipinski definition) is 1. The molecule has 0 aliphatic carbocycles. The number of benzene rings is 1. The van der Waals surface area contributed by atoms with E-state index in [9.17, 15) is 15.2 Å². The number of phenolic OH excluding ortho intramolecular Hbond substituents is 1. The second-order valence-corrected chi connectivity index (χ2v) is 7.36. The Kier molecular flexibility index (Phi) is 4.38. The summed E-state index contributed by atoms with van der Waals surface area (Å²) in [5.74, 6) is -0.0338. The van der Waals surface area contributed by atoms with Gasteiger partial charge in [-0.1, -0.05) is 11.6 Å².